The summed E-state index contributed by atoms with van der Waals surface area (Å²) in [6.07, 6.45) is 4.68. The normalized spacial score (nSPS) is 10.5. The van der Waals surface area contributed by atoms with Gasteiger partial charge in [-0.2, -0.15) is 0 Å². The Hall–Kier alpha value is -4.00. The lowest BCUT2D eigenvalue weighted by Crippen LogP contribution is -2.14. The lowest BCUT2D eigenvalue weighted by Gasteiger charge is -2.09. The van der Waals surface area contributed by atoms with Gasteiger partial charge in [0, 0.05) is 23.3 Å². The minimum absolute atomic E-state index is 0.212. The van der Waals surface area contributed by atoms with Gasteiger partial charge in [0.05, 0.1) is 30.7 Å². The Labute approximate surface area is 161 Å². The lowest BCUT2D eigenvalue weighted by atomic mass is 10.2. The second-order valence-electron chi connectivity index (χ2n) is 5.98. The molecule has 28 heavy (non-hydrogen) atoms. The molecule has 0 bridgehead atoms. The van der Waals surface area contributed by atoms with Crippen molar-refractivity contribution in [3.63, 3.8) is 0 Å². The van der Waals surface area contributed by atoms with Gasteiger partial charge in [-0.3, -0.25) is 9.78 Å². The number of carbonyl (C=O) groups is 1. The smallest absolute Gasteiger partial charge is 0.275 e. The third-order valence-corrected chi connectivity index (χ3v) is 4.11. The second kappa shape index (κ2) is 7.71. The molecule has 0 aliphatic rings. The fourth-order valence-corrected chi connectivity index (χ4v) is 2.75. The van der Waals surface area contributed by atoms with E-state index in [9.17, 15) is 4.79 Å². The van der Waals surface area contributed by atoms with E-state index in [1.807, 2.05) is 30.3 Å². The fourth-order valence-electron chi connectivity index (χ4n) is 2.75. The lowest BCUT2D eigenvalue weighted by molar-refractivity contribution is 0.102. The quantitative estimate of drug-likeness (QED) is 0.551. The number of nitrogens with one attached hydrogen (secondary N) is 2. The highest BCUT2D eigenvalue weighted by atomic mass is 16.5. The summed E-state index contributed by atoms with van der Waals surface area (Å²) < 4.78 is 5.15. The average molecular weight is 371 g/mol. The van der Waals surface area contributed by atoms with Crippen molar-refractivity contribution in [1.29, 1.82) is 0 Å². The molecule has 0 saturated carbocycles. The number of anilines is 3. The summed E-state index contributed by atoms with van der Waals surface area (Å²) in [5.41, 5.74) is 2.49. The van der Waals surface area contributed by atoms with E-state index < -0.39 is 0 Å². The van der Waals surface area contributed by atoms with Crippen LogP contribution < -0.4 is 15.4 Å². The van der Waals surface area contributed by atoms with Crippen molar-refractivity contribution in [1.82, 2.24) is 15.0 Å². The summed E-state index contributed by atoms with van der Waals surface area (Å²) in [4.78, 5) is 25.3. The molecule has 0 atom stereocenters. The average Bonchev–Trinajstić information content (AvgIpc) is 2.74. The molecule has 7 heteroatoms. The third-order valence-electron chi connectivity index (χ3n) is 4.11. The van der Waals surface area contributed by atoms with Gasteiger partial charge in [0.1, 0.15) is 17.3 Å². The van der Waals surface area contributed by atoms with Crippen molar-refractivity contribution < 1.29 is 9.53 Å². The number of hydrogen-bond donors (Lipinski definition) is 2. The monoisotopic (exact) mass is 371 g/mol. The zero-order chi connectivity index (χ0) is 19.3. The van der Waals surface area contributed by atoms with Crippen molar-refractivity contribution >= 4 is 34.0 Å². The first-order valence-corrected chi connectivity index (χ1v) is 8.61. The SMILES string of the molecule is COc1cccc(NC(=O)c2cnc(Nc3cccc4cccnc34)cn2)c1. The minimum Gasteiger partial charge on any atom is -0.497 e. The van der Waals surface area contributed by atoms with Gasteiger partial charge < -0.3 is 15.4 Å². The Morgan fingerprint density at radius 2 is 1.82 bits per heavy atom. The van der Waals surface area contributed by atoms with E-state index in [4.69, 9.17) is 4.74 Å². The Kier molecular flexibility index (Phi) is 4.79. The summed E-state index contributed by atoms with van der Waals surface area (Å²) >= 11 is 0. The number of pyridine rings is 1. The molecule has 0 spiro atoms. The molecule has 138 valence electrons. The van der Waals surface area contributed by atoms with E-state index in [0.29, 0.717) is 17.3 Å². The molecule has 7 nitrogen and oxygen atoms in total. The number of para-hydroxylation sites is 1. The van der Waals surface area contributed by atoms with E-state index in [0.717, 1.165) is 16.6 Å². The molecule has 0 aliphatic carbocycles. The summed E-state index contributed by atoms with van der Waals surface area (Å²) in [5.74, 6) is 0.836. The molecule has 2 aromatic heterocycles. The largest absolute Gasteiger partial charge is 0.497 e. The molecule has 0 radical (unpaired) electrons. The topological polar surface area (TPSA) is 89.0 Å². The van der Waals surface area contributed by atoms with Gasteiger partial charge in [0.15, 0.2) is 0 Å². The molecule has 0 saturated heterocycles. The number of ether oxygens (including phenoxy) is 1. The summed E-state index contributed by atoms with van der Waals surface area (Å²) in [7, 11) is 1.57. The first kappa shape index (κ1) is 17.4. The van der Waals surface area contributed by atoms with E-state index in [-0.39, 0.29) is 11.6 Å². The van der Waals surface area contributed by atoms with Gasteiger partial charge in [-0.1, -0.05) is 24.3 Å². The standard InChI is InChI=1S/C21H17N5O2/c1-28-16-8-3-7-15(11-16)25-21(27)18-12-24-19(13-23-18)26-17-9-2-5-14-6-4-10-22-20(14)17/h2-13H,1H3,(H,24,26)(H,25,27). The van der Waals surface area contributed by atoms with Crippen molar-refractivity contribution in [3.05, 3.63) is 78.9 Å². The molecule has 4 aromatic rings. The molecule has 0 unspecified atom stereocenters. The zero-order valence-corrected chi connectivity index (χ0v) is 15.1. The fraction of sp³-hybridized carbons (Fsp3) is 0.0476. The van der Waals surface area contributed by atoms with Crippen LogP contribution in [0.4, 0.5) is 17.2 Å². The molecule has 1 amide bonds. The van der Waals surface area contributed by atoms with Gasteiger partial charge >= 0.3 is 0 Å². The second-order valence-corrected chi connectivity index (χ2v) is 5.98. The van der Waals surface area contributed by atoms with Crippen LogP contribution in [0.2, 0.25) is 0 Å². The summed E-state index contributed by atoms with van der Waals surface area (Å²) in [5, 5.41) is 6.99. The van der Waals surface area contributed by atoms with Crippen LogP contribution in [0, 0.1) is 0 Å². The van der Waals surface area contributed by atoms with Crippen molar-refractivity contribution in [2.75, 3.05) is 17.7 Å². The number of aromatic nitrogens is 3. The molecule has 2 aromatic carbocycles. The number of methoxy groups -OCH3 is 1. The Bertz CT molecular complexity index is 1120. The summed E-state index contributed by atoms with van der Waals surface area (Å²) in [6, 6.07) is 16.8. The van der Waals surface area contributed by atoms with Crippen LogP contribution in [0.25, 0.3) is 10.9 Å². The van der Waals surface area contributed by atoms with Crippen molar-refractivity contribution in [3.8, 4) is 5.75 Å². The van der Waals surface area contributed by atoms with Crippen LogP contribution in [-0.4, -0.2) is 28.0 Å². The number of rotatable bonds is 5. The minimum atomic E-state index is -0.348. The molecule has 4 rings (SSSR count). The van der Waals surface area contributed by atoms with Crippen LogP contribution in [0.3, 0.4) is 0 Å². The van der Waals surface area contributed by atoms with E-state index >= 15 is 0 Å². The van der Waals surface area contributed by atoms with Gasteiger partial charge in [-0.15, -0.1) is 0 Å². The van der Waals surface area contributed by atoms with Crippen molar-refractivity contribution in [2.45, 2.75) is 0 Å². The first-order valence-electron chi connectivity index (χ1n) is 8.61. The molecule has 2 N–H and O–H groups in total. The van der Waals surface area contributed by atoms with Crippen LogP contribution >= 0.6 is 0 Å². The number of amides is 1. The molecule has 0 aliphatic heterocycles. The van der Waals surface area contributed by atoms with E-state index in [1.165, 1.54) is 12.4 Å². The Morgan fingerprint density at radius 1 is 0.964 bits per heavy atom. The third kappa shape index (κ3) is 3.73. The highest BCUT2D eigenvalue weighted by molar-refractivity contribution is 6.02. The molecule has 0 fully saturated rings. The van der Waals surface area contributed by atoms with E-state index in [2.05, 4.69) is 25.6 Å². The number of benzene rings is 2. The van der Waals surface area contributed by atoms with Crippen LogP contribution in [0.1, 0.15) is 10.5 Å². The van der Waals surface area contributed by atoms with Crippen molar-refractivity contribution in [2.24, 2.45) is 0 Å². The maximum absolute atomic E-state index is 12.4. The van der Waals surface area contributed by atoms with Crippen LogP contribution in [0.15, 0.2) is 73.2 Å². The predicted octanol–water partition coefficient (Wildman–Crippen LogP) is 4.03. The first-order chi connectivity index (χ1) is 13.7. The maximum atomic E-state index is 12.4. The molecular weight excluding hydrogens is 354 g/mol. The Balaban J connectivity index is 1.49. The highest BCUT2D eigenvalue weighted by Gasteiger charge is 2.10. The van der Waals surface area contributed by atoms with Crippen LogP contribution in [0.5, 0.6) is 5.75 Å². The van der Waals surface area contributed by atoms with Crippen LogP contribution in [-0.2, 0) is 0 Å². The van der Waals surface area contributed by atoms with Gasteiger partial charge in [-0.25, -0.2) is 9.97 Å². The van der Waals surface area contributed by atoms with Gasteiger partial charge in [0.25, 0.3) is 5.91 Å². The zero-order valence-electron chi connectivity index (χ0n) is 15.1. The van der Waals surface area contributed by atoms with Gasteiger partial charge in [0.2, 0.25) is 0 Å². The number of fused-ring (bicyclic) bond motifs is 1. The summed E-state index contributed by atoms with van der Waals surface area (Å²) in [6.45, 7) is 0. The predicted molar refractivity (Wildman–Crippen MR) is 108 cm³/mol. The Morgan fingerprint density at radius 3 is 2.64 bits per heavy atom. The number of carbonyl (C=O) groups excluding carboxylic acids is 1. The highest BCUT2D eigenvalue weighted by Crippen LogP contribution is 2.23. The molecular formula is C21H17N5O2. The number of nitrogens with zero attached hydrogens (tertiary/aromatic N) is 3. The van der Waals surface area contributed by atoms with E-state index in [1.54, 1.807) is 37.6 Å². The maximum Gasteiger partial charge on any atom is 0.275 e. The molecule has 2 heterocycles. The number of hydrogen-bond acceptors (Lipinski definition) is 6. The van der Waals surface area contributed by atoms with Gasteiger partial charge in [-0.05, 0) is 24.3 Å².